The van der Waals surface area contributed by atoms with E-state index in [2.05, 4.69) is 4.42 Å². The molecule has 0 radical (unpaired) electrons. The van der Waals surface area contributed by atoms with Crippen LogP contribution in [0.5, 0.6) is 0 Å². The Balaban J connectivity index is 2.82. The molecule has 0 fully saturated rings. The number of furan rings is 1. The van der Waals surface area contributed by atoms with Crippen molar-refractivity contribution in [3.8, 4) is 0 Å². The molecule has 2 N–H and O–H groups in total. The summed E-state index contributed by atoms with van der Waals surface area (Å²) < 4.78 is 4.65. The van der Waals surface area contributed by atoms with Gasteiger partial charge in [-0.05, 0) is 6.07 Å². The Morgan fingerprint density at radius 3 is 2.31 bits per heavy atom. The highest BCUT2D eigenvalue weighted by atomic mass is 16.6. The standard InChI is InChI=1S/C8H7NO7/c10-7(11)5(8(12)13)3-4-1-2-6(16-4)9(14)15/h1-2,5H,3H2,(H,10,11)(H,12,13). The molecule has 8 nitrogen and oxygen atoms in total. The molecule has 0 aliphatic carbocycles. The molecule has 16 heavy (non-hydrogen) atoms. The van der Waals surface area contributed by atoms with E-state index in [0.29, 0.717) is 0 Å². The second-order valence-electron chi connectivity index (χ2n) is 2.93. The summed E-state index contributed by atoms with van der Waals surface area (Å²) in [5, 5.41) is 27.4. The molecular formula is C8H7NO7. The van der Waals surface area contributed by atoms with Crippen molar-refractivity contribution in [1.29, 1.82) is 0 Å². The number of carboxylic acid groups (broad SMARTS) is 2. The summed E-state index contributed by atoms with van der Waals surface area (Å²) in [4.78, 5) is 30.5. The molecule has 0 saturated carbocycles. The first kappa shape index (κ1) is 11.7. The van der Waals surface area contributed by atoms with Gasteiger partial charge in [0.15, 0.2) is 5.92 Å². The van der Waals surface area contributed by atoms with Crippen LogP contribution in [-0.2, 0) is 16.0 Å². The first-order chi connectivity index (χ1) is 7.41. The zero-order valence-corrected chi connectivity index (χ0v) is 7.82. The number of hydrogen-bond acceptors (Lipinski definition) is 5. The Bertz CT molecular complexity index is 421. The quantitative estimate of drug-likeness (QED) is 0.427. The molecule has 0 aromatic carbocycles. The Morgan fingerprint density at radius 2 is 1.94 bits per heavy atom. The Hall–Kier alpha value is -2.38. The van der Waals surface area contributed by atoms with Gasteiger partial charge in [0.2, 0.25) is 0 Å². The monoisotopic (exact) mass is 229 g/mol. The lowest BCUT2D eigenvalue weighted by atomic mass is 10.1. The minimum atomic E-state index is -1.68. The molecule has 0 spiro atoms. The van der Waals surface area contributed by atoms with Crippen LogP contribution in [0.2, 0.25) is 0 Å². The van der Waals surface area contributed by atoms with Crippen molar-refractivity contribution in [1.82, 2.24) is 0 Å². The molecule has 0 saturated heterocycles. The van der Waals surface area contributed by atoms with Crippen LogP contribution in [0, 0.1) is 16.0 Å². The molecular weight excluding hydrogens is 222 g/mol. The van der Waals surface area contributed by atoms with Crippen LogP contribution in [0.4, 0.5) is 5.88 Å². The van der Waals surface area contributed by atoms with Gasteiger partial charge in [-0.2, -0.15) is 0 Å². The summed E-state index contributed by atoms with van der Waals surface area (Å²) in [7, 11) is 0. The fourth-order valence-corrected chi connectivity index (χ4v) is 1.06. The first-order valence-corrected chi connectivity index (χ1v) is 4.10. The lowest BCUT2D eigenvalue weighted by Gasteiger charge is -2.03. The summed E-state index contributed by atoms with van der Waals surface area (Å²) in [6.45, 7) is 0. The van der Waals surface area contributed by atoms with Crippen LogP contribution in [0.25, 0.3) is 0 Å². The third-order valence-electron chi connectivity index (χ3n) is 1.83. The number of hydrogen-bond donors (Lipinski definition) is 2. The maximum atomic E-state index is 10.5. The molecule has 8 heteroatoms. The molecule has 0 aliphatic rings. The number of carboxylic acids is 2. The smallest absolute Gasteiger partial charge is 0.433 e. The Kier molecular flexibility index (Phi) is 3.24. The average Bonchev–Trinajstić information content (AvgIpc) is 2.61. The SMILES string of the molecule is O=C(O)C(Cc1ccc([N+](=O)[O-])o1)C(=O)O. The van der Waals surface area contributed by atoms with Gasteiger partial charge in [-0.3, -0.25) is 19.7 Å². The van der Waals surface area contributed by atoms with Crippen LogP contribution in [-0.4, -0.2) is 27.1 Å². The van der Waals surface area contributed by atoms with Gasteiger partial charge in [0.1, 0.15) is 10.7 Å². The van der Waals surface area contributed by atoms with Crippen molar-refractivity contribution in [2.75, 3.05) is 0 Å². The average molecular weight is 229 g/mol. The van der Waals surface area contributed by atoms with Crippen molar-refractivity contribution >= 4 is 17.8 Å². The van der Waals surface area contributed by atoms with Gasteiger partial charge in [-0.1, -0.05) is 0 Å². The number of aliphatic carboxylic acids is 2. The van der Waals surface area contributed by atoms with E-state index < -0.39 is 35.1 Å². The lowest BCUT2D eigenvalue weighted by molar-refractivity contribution is -0.402. The summed E-state index contributed by atoms with van der Waals surface area (Å²) in [6.07, 6.45) is -0.432. The van der Waals surface area contributed by atoms with Crippen molar-refractivity contribution < 1.29 is 29.1 Å². The zero-order chi connectivity index (χ0) is 12.3. The zero-order valence-electron chi connectivity index (χ0n) is 7.82. The normalized spacial score (nSPS) is 10.3. The predicted molar refractivity (Wildman–Crippen MR) is 47.8 cm³/mol. The second-order valence-corrected chi connectivity index (χ2v) is 2.93. The summed E-state index contributed by atoms with van der Waals surface area (Å²) in [5.74, 6) is -5.32. The van der Waals surface area contributed by atoms with Crippen LogP contribution >= 0.6 is 0 Å². The highest BCUT2D eigenvalue weighted by molar-refractivity contribution is 5.93. The maximum absolute atomic E-state index is 10.5. The molecule has 0 aliphatic heterocycles. The Labute approximate surface area is 88.2 Å². The van der Waals surface area contributed by atoms with E-state index >= 15 is 0 Å². The van der Waals surface area contributed by atoms with Gasteiger partial charge in [0.05, 0.1) is 6.07 Å². The van der Waals surface area contributed by atoms with Crippen LogP contribution in [0.1, 0.15) is 5.76 Å². The topological polar surface area (TPSA) is 131 Å². The fourth-order valence-electron chi connectivity index (χ4n) is 1.06. The molecule has 1 aromatic rings. The van der Waals surface area contributed by atoms with Crippen LogP contribution in [0.15, 0.2) is 16.5 Å². The number of nitro groups is 1. The minimum Gasteiger partial charge on any atom is -0.481 e. The van der Waals surface area contributed by atoms with E-state index in [-0.39, 0.29) is 5.76 Å². The van der Waals surface area contributed by atoms with Gasteiger partial charge in [0.25, 0.3) is 0 Å². The molecule has 1 heterocycles. The second kappa shape index (κ2) is 4.43. The molecule has 0 bridgehead atoms. The van der Waals surface area contributed by atoms with Crippen molar-refractivity contribution in [2.24, 2.45) is 5.92 Å². The van der Waals surface area contributed by atoms with E-state index in [1.807, 2.05) is 0 Å². The third-order valence-corrected chi connectivity index (χ3v) is 1.83. The number of rotatable bonds is 5. The summed E-state index contributed by atoms with van der Waals surface area (Å²) in [6, 6.07) is 2.22. The highest BCUT2D eigenvalue weighted by Crippen LogP contribution is 2.18. The summed E-state index contributed by atoms with van der Waals surface area (Å²) in [5.41, 5.74) is 0. The van der Waals surface area contributed by atoms with E-state index in [4.69, 9.17) is 10.2 Å². The van der Waals surface area contributed by atoms with Gasteiger partial charge < -0.3 is 14.6 Å². The van der Waals surface area contributed by atoms with Crippen LogP contribution in [0.3, 0.4) is 0 Å². The first-order valence-electron chi connectivity index (χ1n) is 4.10. The lowest BCUT2D eigenvalue weighted by Crippen LogP contribution is -2.25. The molecule has 0 amide bonds. The molecule has 1 rings (SSSR count). The van der Waals surface area contributed by atoms with Crippen molar-refractivity contribution in [3.63, 3.8) is 0 Å². The third kappa shape index (κ3) is 2.56. The maximum Gasteiger partial charge on any atom is 0.433 e. The van der Waals surface area contributed by atoms with E-state index in [9.17, 15) is 19.7 Å². The van der Waals surface area contributed by atoms with Crippen molar-refractivity contribution in [3.05, 3.63) is 28.0 Å². The summed E-state index contributed by atoms with van der Waals surface area (Å²) >= 11 is 0. The molecule has 86 valence electrons. The number of nitrogens with zero attached hydrogens (tertiary/aromatic N) is 1. The predicted octanol–water partition coefficient (Wildman–Crippen LogP) is 0.516. The largest absolute Gasteiger partial charge is 0.481 e. The van der Waals surface area contributed by atoms with E-state index in [1.54, 1.807) is 0 Å². The minimum absolute atomic E-state index is 0.0542. The fraction of sp³-hybridized carbons (Fsp3) is 0.250. The van der Waals surface area contributed by atoms with Crippen LogP contribution < -0.4 is 0 Å². The highest BCUT2D eigenvalue weighted by Gasteiger charge is 2.28. The van der Waals surface area contributed by atoms with Gasteiger partial charge >= 0.3 is 17.8 Å². The van der Waals surface area contributed by atoms with Gasteiger partial charge in [0, 0.05) is 6.42 Å². The Morgan fingerprint density at radius 1 is 1.38 bits per heavy atom. The molecule has 0 unspecified atom stereocenters. The van der Waals surface area contributed by atoms with Gasteiger partial charge in [-0.25, -0.2) is 0 Å². The number of carbonyl (C=O) groups is 2. The van der Waals surface area contributed by atoms with Gasteiger partial charge in [-0.15, -0.1) is 0 Å². The van der Waals surface area contributed by atoms with Crippen molar-refractivity contribution in [2.45, 2.75) is 6.42 Å². The van der Waals surface area contributed by atoms with E-state index in [1.165, 1.54) is 6.07 Å². The molecule has 0 atom stereocenters. The van der Waals surface area contributed by atoms with E-state index in [0.717, 1.165) is 6.07 Å². The molecule has 1 aromatic heterocycles.